The Morgan fingerprint density at radius 3 is 0.790 bits per heavy atom. The average Bonchev–Trinajstić information content (AvgIpc) is 0.754. The van der Waals surface area contributed by atoms with E-state index in [1.165, 1.54) is 36.4 Å². The molecule has 0 saturated heterocycles. The molecule has 0 fully saturated rings. The number of aryl methyl sites for hydroxylation is 2. The topological polar surface area (TPSA) is 399 Å². The minimum Gasteiger partial charge on any atom is -0.544 e. The molecule has 0 aliphatic heterocycles. The van der Waals surface area contributed by atoms with E-state index in [-0.39, 0.29) is 59.0 Å². The van der Waals surface area contributed by atoms with Crippen LogP contribution in [0.3, 0.4) is 0 Å². The second-order valence-corrected chi connectivity index (χ2v) is 36.1. The maximum atomic E-state index is 14.0. The Balaban J connectivity index is 0.000000444. The van der Waals surface area contributed by atoms with Crippen molar-refractivity contribution in [1.82, 2.24) is 0 Å². The molecule has 8 aromatic carbocycles. The molecule has 0 N–H and O–H groups in total. The number of carboxylic acid groups (broad SMARTS) is 6. The maximum Gasteiger partial charge on any atom is 0.410 e. The number of alkyl halides is 24. The zero-order valence-electron chi connectivity index (χ0n) is 75.2. The number of halogens is 28. The second kappa shape index (κ2) is 47.6. The fraction of sp³-hybridized carbons (Fsp3) is 0.341. The smallest absolute Gasteiger partial charge is 0.410 e. The third-order valence-corrected chi connectivity index (χ3v) is 20.7. The molecule has 0 aromatic heterocycles. The minimum atomic E-state index is -5.75. The minimum absolute atomic E-state index is 0.0913. The number of hydrogen-bond donors (Lipinski definition) is 0. The zero-order chi connectivity index (χ0) is 111. The number of hydrogen-bond acceptors (Lipinski definition) is 24. The second-order valence-electron chi connectivity index (χ2n) is 32.5. The normalized spacial score (nSPS) is 12.4. The van der Waals surface area contributed by atoms with E-state index in [1.807, 2.05) is 36.4 Å². The number of rotatable bonds is 29. The van der Waals surface area contributed by atoms with Crippen molar-refractivity contribution >= 4 is 139 Å². The van der Waals surface area contributed by atoms with Crippen LogP contribution in [0.1, 0.15) is 140 Å². The van der Waals surface area contributed by atoms with E-state index in [0.29, 0.717) is 48.1 Å². The number of esters is 6. The fourth-order valence-electron chi connectivity index (χ4n) is 10.8. The van der Waals surface area contributed by atoms with Gasteiger partial charge >= 0.3 is 107 Å². The Morgan fingerprint density at radius 2 is 0.524 bits per heavy atom. The third-order valence-electron chi connectivity index (χ3n) is 18.5. The van der Waals surface area contributed by atoms with Crippen molar-refractivity contribution in [2.75, 3.05) is 0 Å². The van der Waals surface area contributed by atoms with Gasteiger partial charge in [-0.25, -0.2) is 33.2 Å². The first-order valence-electron chi connectivity index (χ1n) is 39.4. The zero-order valence-corrected chi connectivity index (χ0v) is 81.7. The van der Waals surface area contributed by atoms with Gasteiger partial charge in [-0.1, -0.05) is 198 Å². The lowest BCUT2D eigenvalue weighted by atomic mass is 9.79. The summed E-state index contributed by atoms with van der Waals surface area (Å²) in [6.45, 7) is 24.2. The fourth-order valence-corrected chi connectivity index (χ4v) is 14.6. The van der Waals surface area contributed by atoms with Crippen LogP contribution in [0.5, 0.6) is 34.5 Å². The lowest BCUT2D eigenvalue weighted by Crippen LogP contribution is -2.58. The highest BCUT2D eigenvalue weighted by molar-refractivity contribution is 14.1. The molecule has 0 radical (unpaired) electrons. The predicted molar refractivity (Wildman–Crippen MR) is 460 cm³/mol. The van der Waals surface area contributed by atoms with Crippen molar-refractivity contribution in [2.45, 2.75) is 197 Å². The SMILES string of the molecule is CC(C)(C)c1cccc(C(C)(C)C)c1OC(=O)C(F)(F)C(F)(F)C(=O)[O-].CC(C)c1cc(C(C)C)c(OC(=O)C(F)(F)C(F)(F)C(=O)[O-])c(C(C)C)c1.Cc1cc(C)cc(OC(=O)C(F)(F)C(F)(F)C(=O)[O-])c1.O=C([O-])C(F)(F)C(F)(F)C(=O)Oc1c(-c2ccccc2)cccc1-c1ccccc1.O=C([O-])C(F)(F)C(F)(F)C(=O)Oc1c(I)cc(I)cc1I.O=C([O-])C(F)(F)C(F)(F)C(=O)Oc1ccc(F)cc1. The monoisotopic (exact) mass is 2400 g/mol. The van der Waals surface area contributed by atoms with E-state index >= 15 is 0 Å². The van der Waals surface area contributed by atoms with Gasteiger partial charge in [0.25, 0.3) is 0 Å². The Morgan fingerprint density at radius 1 is 0.273 bits per heavy atom. The van der Waals surface area contributed by atoms with Crippen LogP contribution in [-0.4, -0.2) is 143 Å². The molecule has 52 heteroatoms. The Kier molecular flexibility index (Phi) is 41.6. The molecule has 0 aliphatic rings. The number of carboxylic acids is 6. The maximum absolute atomic E-state index is 14.0. The Hall–Kier alpha value is -12.2. The van der Waals surface area contributed by atoms with Gasteiger partial charge in [0.05, 0.1) is 7.14 Å². The Bertz CT molecular complexity index is 5850. The number of benzene rings is 8. The highest BCUT2D eigenvalue weighted by Crippen LogP contribution is 2.48. The molecule has 0 amide bonds. The molecule has 0 atom stereocenters. The summed E-state index contributed by atoms with van der Waals surface area (Å²) in [6, 6.07) is 38.7. The first kappa shape index (κ1) is 125. The van der Waals surface area contributed by atoms with Crippen molar-refractivity contribution in [3.63, 3.8) is 0 Å². The summed E-state index contributed by atoms with van der Waals surface area (Å²) < 4.78 is 357. The molecule has 782 valence electrons. The number of carbonyl (C=O) groups excluding carboxylic acids is 12. The van der Waals surface area contributed by atoms with Crippen molar-refractivity contribution in [3.8, 4) is 56.8 Å². The molecule has 0 spiro atoms. The van der Waals surface area contributed by atoms with Crippen LogP contribution >= 0.6 is 67.8 Å². The lowest BCUT2D eigenvalue weighted by molar-refractivity contribution is -0.346. The van der Waals surface area contributed by atoms with Crippen molar-refractivity contribution in [3.05, 3.63) is 219 Å². The van der Waals surface area contributed by atoms with Crippen LogP contribution in [0.15, 0.2) is 164 Å². The first-order chi connectivity index (χ1) is 64.7. The van der Waals surface area contributed by atoms with Crippen LogP contribution in [0.4, 0.5) is 110 Å². The molecule has 0 bridgehead atoms. The van der Waals surface area contributed by atoms with E-state index in [1.54, 1.807) is 219 Å². The van der Waals surface area contributed by atoms with Gasteiger partial charge in [-0.3, -0.25) is 0 Å². The predicted octanol–water partition coefficient (Wildman–Crippen LogP) is 15.5. The summed E-state index contributed by atoms with van der Waals surface area (Å²) in [7, 11) is 0. The molecular weight excluding hydrogens is 2330 g/mol. The number of ether oxygens (including phenoxy) is 6. The lowest BCUT2D eigenvalue weighted by Gasteiger charge is -2.30. The van der Waals surface area contributed by atoms with Gasteiger partial charge in [0.2, 0.25) is 0 Å². The quantitative estimate of drug-likeness (QED) is 0.0182. The first-order valence-corrected chi connectivity index (χ1v) is 42.7. The van der Waals surface area contributed by atoms with Crippen molar-refractivity contribution in [1.29, 1.82) is 0 Å². The van der Waals surface area contributed by atoms with Crippen LogP contribution in [0.25, 0.3) is 22.3 Å². The number of para-hydroxylation sites is 2. The summed E-state index contributed by atoms with van der Waals surface area (Å²) in [5, 5.41) is 61.0. The van der Waals surface area contributed by atoms with Crippen LogP contribution < -0.4 is 59.1 Å². The molecule has 8 rings (SSSR count). The molecule has 8 aromatic rings. The van der Waals surface area contributed by atoms with Gasteiger partial charge in [0.15, 0.2) is 5.75 Å². The standard InChI is InChI=1S/C22H14F4O4.C19H24F4O4.C18H22F4O4.C12H10F4O4.C10H5F5O4.C10H3F4I3O4/c23-21(24,19(27)28)22(25,26)20(29)30-18-16(14-8-3-1-4-9-14)12-7-13-17(18)15-10-5-2-6-11-15;1-9(2)12-7-13(10(3)4)15(14(8-12)11(5)6)27-17(26)19(22,23)18(20,21)16(24)25;1-15(2,3)10-8-7-9-11(16(4,5)6)12(10)26-14(25)18(21,22)17(19,20)13(23)24;1-6-3-7(2)5-8(4-6)20-10(19)12(15,16)11(13,14)9(17)18;11-5-1-3-6(4-2-5)19-8(18)10(14,15)9(12,13)7(16)17;11-9(12,7(18)19)10(13,14)8(20)21-6-4(16)1-3(15)2-5(6)17/h1-13H,(H,27,28);7-11H,1-6H3,(H,24,25);7-9H,1-6H3,(H,23,24);3-5H,1-2H3,(H,17,18);1-4H,(H,16,17);1-2H,(H,18,19)/p-6. The van der Waals surface area contributed by atoms with Gasteiger partial charge in [0, 0.05) is 25.8 Å². The van der Waals surface area contributed by atoms with E-state index in [2.05, 4.69) is 23.7 Å². The van der Waals surface area contributed by atoms with E-state index < -0.39 is 171 Å². The molecule has 0 unspecified atom stereocenters. The van der Waals surface area contributed by atoms with Crippen LogP contribution in [0, 0.1) is 30.4 Å². The molecule has 0 aliphatic carbocycles. The van der Waals surface area contributed by atoms with E-state index in [9.17, 15) is 198 Å². The molecule has 24 nitrogen and oxygen atoms in total. The van der Waals surface area contributed by atoms with E-state index in [4.69, 9.17) is 4.74 Å². The number of carbonyl (C=O) groups is 12. The summed E-state index contributed by atoms with van der Waals surface area (Å²) in [5.74, 6) is -108. The largest absolute Gasteiger partial charge is 0.544 e. The molecule has 0 saturated carbocycles. The van der Waals surface area contributed by atoms with Crippen molar-refractivity contribution in [2.24, 2.45) is 0 Å². The highest BCUT2D eigenvalue weighted by Gasteiger charge is 2.70. The van der Waals surface area contributed by atoms with Gasteiger partial charge in [-0.15, -0.1) is 0 Å². The summed E-state index contributed by atoms with van der Waals surface area (Å²) in [6.07, 6.45) is 0. The Labute approximate surface area is 833 Å². The summed E-state index contributed by atoms with van der Waals surface area (Å²) in [4.78, 5) is 130. The van der Waals surface area contributed by atoms with Crippen LogP contribution in [0.2, 0.25) is 0 Å². The average molecular weight is 2410 g/mol. The summed E-state index contributed by atoms with van der Waals surface area (Å²) >= 11 is 5.23. The van der Waals surface area contributed by atoms with Crippen LogP contribution in [-0.2, 0) is 68.4 Å². The highest BCUT2D eigenvalue weighted by atomic mass is 127. The van der Waals surface area contributed by atoms with Gasteiger partial charge in [0.1, 0.15) is 70.4 Å². The van der Waals surface area contributed by atoms with Gasteiger partial charge in [-0.05, 0) is 198 Å². The third kappa shape index (κ3) is 29.6. The molecule has 0 heterocycles. The van der Waals surface area contributed by atoms with Gasteiger partial charge in [-0.2, -0.15) is 105 Å². The number of aliphatic carboxylic acids is 6. The van der Waals surface area contributed by atoms with E-state index in [0.717, 1.165) is 42.0 Å². The van der Waals surface area contributed by atoms with Crippen molar-refractivity contribution < 1.29 is 226 Å². The molecular formula is C91H72F25I3O24-6. The molecule has 143 heavy (non-hydrogen) atoms. The van der Waals surface area contributed by atoms with Gasteiger partial charge < -0.3 is 87.8 Å². The summed E-state index contributed by atoms with van der Waals surface area (Å²) in [5.41, 5.74) is 3.39.